The van der Waals surface area contributed by atoms with E-state index in [0.29, 0.717) is 36.9 Å². The molecule has 0 bridgehead atoms. The van der Waals surface area contributed by atoms with Gasteiger partial charge in [-0.05, 0) is 84.6 Å². The van der Waals surface area contributed by atoms with Crippen LogP contribution in [-0.2, 0) is 25.7 Å². The molecule has 3 aromatic rings. The minimum atomic E-state index is -0.741. The lowest BCUT2D eigenvalue weighted by Crippen LogP contribution is -2.44. The summed E-state index contributed by atoms with van der Waals surface area (Å²) in [5.74, 6) is 0.868. The van der Waals surface area contributed by atoms with Gasteiger partial charge in [0.2, 0.25) is 5.91 Å². The zero-order valence-electron chi connectivity index (χ0n) is 23.7. The van der Waals surface area contributed by atoms with Crippen molar-refractivity contribution in [1.29, 1.82) is 0 Å². The Morgan fingerprint density at radius 3 is 2.39 bits per heavy atom. The Bertz CT molecular complexity index is 1420. The van der Waals surface area contributed by atoms with Crippen molar-refractivity contribution in [1.82, 2.24) is 4.57 Å². The van der Waals surface area contributed by atoms with Crippen LogP contribution in [0.25, 0.3) is 10.9 Å². The number of Topliss-reactive ketones (excluding diaryl/α,β-unsaturated/α-hetero) is 1. The minimum absolute atomic E-state index is 0.0492. The molecule has 0 spiro atoms. The number of aromatic nitrogens is 1. The Balaban J connectivity index is 1.02. The number of ketones is 1. The predicted molar refractivity (Wildman–Crippen MR) is 158 cm³/mol. The van der Waals surface area contributed by atoms with E-state index < -0.39 is 5.92 Å². The Labute approximate surface area is 241 Å². The van der Waals surface area contributed by atoms with Crippen LogP contribution >= 0.6 is 0 Å². The summed E-state index contributed by atoms with van der Waals surface area (Å²) in [6, 6.07) is 18.0. The van der Waals surface area contributed by atoms with Gasteiger partial charge >= 0.3 is 5.97 Å². The van der Waals surface area contributed by atoms with Crippen LogP contribution in [0.5, 0.6) is 0 Å². The van der Waals surface area contributed by atoms with Crippen molar-refractivity contribution in [2.45, 2.75) is 82.8 Å². The Morgan fingerprint density at radius 2 is 1.68 bits per heavy atom. The molecule has 2 heterocycles. The highest BCUT2D eigenvalue weighted by Gasteiger charge is 2.50. The summed E-state index contributed by atoms with van der Waals surface area (Å²) in [6.45, 7) is 0.593. The largest absolute Gasteiger partial charge is 0.461 e. The molecule has 3 atom stereocenters. The van der Waals surface area contributed by atoms with E-state index in [1.165, 1.54) is 25.7 Å². The van der Waals surface area contributed by atoms with Gasteiger partial charge in [0.15, 0.2) is 5.78 Å². The number of anilines is 1. The van der Waals surface area contributed by atoms with Crippen LogP contribution in [0.4, 0.5) is 5.69 Å². The maximum absolute atomic E-state index is 13.7. The van der Waals surface area contributed by atoms with Crippen LogP contribution in [-0.4, -0.2) is 28.3 Å². The van der Waals surface area contributed by atoms with Crippen molar-refractivity contribution < 1.29 is 19.1 Å². The number of benzene rings is 2. The number of hydrogen-bond donors (Lipinski definition) is 1. The van der Waals surface area contributed by atoms with Gasteiger partial charge in [-0.25, -0.2) is 0 Å². The van der Waals surface area contributed by atoms with Gasteiger partial charge in [0.25, 0.3) is 0 Å². The summed E-state index contributed by atoms with van der Waals surface area (Å²) in [4.78, 5) is 40.0. The van der Waals surface area contributed by atoms with E-state index in [1.807, 2.05) is 42.6 Å². The van der Waals surface area contributed by atoms with Crippen LogP contribution in [0.1, 0.15) is 75.7 Å². The number of nitrogens with zero attached hydrogens (tertiary/aromatic N) is 1. The second-order valence-electron chi connectivity index (χ2n) is 13.1. The number of hydrogen-bond acceptors (Lipinski definition) is 4. The van der Waals surface area contributed by atoms with Crippen LogP contribution in [0, 0.1) is 29.6 Å². The van der Waals surface area contributed by atoms with Gasteiger partial charge in [-0.15, -0.1) is 0 Å². The molecule has 4 fully saturated rings. The minimum Gasteiger partial charge on any atom is -0.461 e. The number of aryl methyl sites for hydroxylation is 1. The summed E-state index contributed by atoms with van der Waals surface area (Å²) >= 11 is 0. The third kappa shape index (κ3) is 6.12. The number of nitrogens with one attached hydrogen (secondary N) is 1. The van der Waals surface area contributed by atoms with Gasteiger partial charge in [-0.3, -0.25) is 14.4 Å². The number of para-hydroxylation sites is 1. The van der Waals surface area contributed by atoms with E-state index in [9.17, 15) is 14.4 Å². The zero-order chi connectivity index (χ0) is 27.9. The van der Waals surface area contributed by atoms with Crippen LogP contribution < -0.4 is 5.32 Å². The molecule has 2 aromatic carbocycles. The average Bonchev–Trinajstić information content (AvgIpc) is 3.82. The average molecular weight is 553 g/mol. The van der Waals surface area contributed by atoms with E-state index in [2.05, 4.69) is 28.1 Å². The number of carbonyl (C=O) groups is 3. The fourth-order valence-corrected chi connectivity index (χ4v) is 7.09. The number of esters is 1. The van der Waals surface area contributed by atoms with E-state index >= 15 is 0 Å². The first-order valence-corrected chi connectivity index (χ1v) is 15.7. The first-order valence-electron chi connectivity index (χ1n) is 15.7. The van der Waals surface area contributed by atoms with Gasteiger partial charge in [0.05, 0.1) is 0 Å². The highest BCUT2D eigenvalue weighted by Crippen LogP contribution is 2.50. The van der Waals surface area contributed by atoms with E-state index in [1.54, 1.807) is 0 Å². The Morgan fingerprint density at radius 1 is 0.927 bits per heavy atom. The highest BCUT2D eigenvalue weighted by atomic mass is 16.5. The van der Waals surface area contributed by atoms with E-state index in [4.69, 9.17) is 4.74 Å². The number of amides is 1. The molecule has 1 saturated heterocycles. The number of carbonyl (C=O) groups excluding carboxylic acids is 3. The predicted octanol–water partition coefficient (Wildman–Crippen LogP) is 6.88. The molecule has 1 aromatic heterocycles. The second kappa shape index (κ2) is 11.1. The van der Waals surface area contributed by atoms with Crippen LogP contribution in [0.3, 0.4) is 0 Å². The molecule has 41 heavy (non-hydrogen) atoms. The third-order valence-electron chi connectivity index (χ3n) is 9.77. The van der Waals surface area contributed by atoms with E-state index in [0.717, 1.165) is 54.0 Å². The lowest BCUT2D eigenvalue weighted by Gasteiger charge is -2.36. The molecule has 1 amide bonds. The molecule has 0 radical (unpaired) electrons. The number of ether oxygens (including phenoxy) is 1. The quantitative estimate of drug-likeness (QED) is 0.196. The van der Waals surface area contributed by atoms with Crippen LogP contribution in [0.15, 0.2) is 60.8 Å². The third-order valence-corrected chi connectivity index (χ3v) is 9.77. The zero-order valence-corrected chi connectivity index (χ0v) is 23.7. The van der Waals surface area contributed by atoms with Gasteiger partial charge < -0.3 is 14.6 Å². The molecule has 1 aliphatic heterocycles. The van der Waals surface area contributed by atoms with Gasteiger partial charge in [0, 0.05) is 42.7 Å². The fourth-order valence-electron chi connectivity index (χ4n) is 7.09. The monoisotopic (exact) mass is 552 g/mol. The van der Waals surface area contributed by atoms with Gasteiger partial charge in [-0.1, -0.05) is 56.0 Å². The second-order valence-corrected chi connectivity index (χ2v) is 13.1. The first kappa shape index (κ1) is 26.5. The van der Waals surface area contributed by atoms with Crippen molar-refractivity contribution >= 4 is 34.3 Å². The number of rotatable bonds is 12. The standard InChI is InChI=1S/C35H40N2O4/c38-30-21-31(27(18-22-8-9-22)19-23-10-11-23)41-35(40)34(30)33(25-12-13-25)26-5-3-6-28(20-26)36-32(39)15-17-37-16-14-24-4-1-2-7-29(24)37/h1-7,14,16,20,22-23,25,27,31,33-34H,8-13,15,17-19,21H2,(H,36,39). The summed E-state index contributed by atoms with van der Waals surface area (Å²) in [6.07, 6.45) is 11.8. The molecule has 214 valence electrons. The van der Waals surface area contributed by atoms with Crippen molar-refractivity contribution in [3.05, 3.63) is 66.4 Å². The summed E-state index contributed by atoms with van der Waals surface area (Å²) < 4.78 is 8.23. The summed E-state index contributed by atoms with van der Waals surface area (Å²) in [5.41, 5.74) is 2.77. The Kier molecular flexibility index (Phi) is 7.18. The van der Waals surface area contributed by atoms with E-state index in [-0.39, 0.29) is 29.7 Å². The maximum Gasteiger partial charge on any atom is 0.317 e. The molecular formula is C35H40N2O4. The number of fused-ring (bicyclic) bond motifs is 1. The first-order chi connectivity index (χ1) is 20.0. The molecule has 3 unspecified atom stereocenters. The molecular weight excluding hydrogens is 512 g/mol. The summed E-state index contributed by atoms with van der Waals surface area (Å²) in [7, 11) is 0. The van der Waals surface area contributed by atoms with Crippen LogP contribution in [0.2, 0.25) is 0 Å². The molecule has 6 nitrogen and oxygen atoms in total. The highest BCUT2D eigenvalue weighted by molar-refractivity contribution is 6.02. The molecule has 6 heteroatoms. The van der Waals surface area contributed by atoms with Gasteiger partial charge in [-0.2, -0.15) is 0 Å². The maximum atomic E-state index is 13.7. The van der Waals surface area contributed by atoms with Crippen molar-refractivity contribution in [3.63, 3.8) is 0 Å². The molecule has 3 aliphatic carbocycles. The SMILES string of the molecule is O=C(CCn1ccc2ccccc21)Nc1cccc(C(C2CC2)C2C(=O)CC(C(CC3CC3)CC3CC3)OC2=O)c1. The summed E-state index contributed by atoms with van der Waals surface area (Å²) in [5, 5.41) is 4.21. The topological polar surface area (TPSA) is 77.4 Å². The van der Waals surface area contributed by atoms with Gasteiger partial charge in [0.1, 0.15) is 12.0 Å². The van der Waals surface area contributed by atoms with Crippen molar-refractivity contribution in [2.24, 2.45) is 29.6 Å². The lowest BCUT2D eigenvalue weighted by molar-refractivity contribution is -0.170. The molecule has 3 saturated carbocycles. The Hall–Kier alpha value is -3.41. The normalized spacial score (nSPS) is 23.5. The molecule has 4 aliphatic rings. The molecule has 1 N–H and O–H groups in total. The number of cyclic esters (lactones) is 1. The van der Waals surface area contributed by atoms with Crippen molar-refractivity contribution in [3.8, 4) is 0 Å². The van der Waals surface area contributed by atoms with Crippen molar-refractivity contribution in [2.75, 3.05) is 5.32 Å². The molecule has 7 rings (SSSR count). The fraction of sp³-hybridized carbons (Fsp3) is 0.514. The lowest BCUT2D eigenvalue weighted by atomic mass is 9.75. The smallest absolute Gasteiger partial charge is 0.317 e.